The standard InChI is InChI=1S/C23H14Cl4N4O3/c24-13-2-1-3-16(10-13)28-22(33)23(34)30-31-19-7-5-14(25)8-12(19)9-20(31)21(32)29-18-6-4-15(26)11-17(18)27/h1-11H,(H,28,33)(H,29,32)(H,30,34). The molecule has 172 valence electrons. The molecule has 0 bridgehead atoms. The molecule has 7 nitrogen and oxygen atoms in total. The summed E-state index contributed by atoms with van der Waals surface area (Å²) in [5.41, 5.74) is 3.59. The lowest BCUT2D eigenvalue weighted by Gasteiger charge is -2.13. The van der Waals surface area contributed by atoms with E-state index in [0.717, 1.165) is 0 Å². The van der Waals surface area contributed by atoms with E-state index >= 15 is 0 Å². The van der Waals surface area contributed by atoms with Crippen LogP contribution in [0, 0.1) is 0 Å². The predicted molar refractivity (Wildman–Crippen MR) is 136 cm³/mol. The maximum atomic E-state index is 13.1. The Morgan fingerprint density at radius 2 is 1.41 bits per heavy atom. The van der Waals surface area contributed by atoms with Gasteiger partial charge in [0, 0.05) is 26.1 Å². The van der Waals surface area contributed by atoms with E-state index in [4.69, 9.17) is 46.4 Å². The van der Waals surface area contributed by atoms with E-state index in [1.54, 1.807) is 48.5 Å². The number of carbonyl (C=O) groups is 3. The summed E-state index contributed by atoms with van der Waals surface area (Å²) in [4.78, 5) is 38.2. The Hall–Kier alpha value is -3.23. The molecule has 0 aliphatic carbocycles. The second-order valence-electron chi connectivity index (χ2n) is 7.05. The highest BCUT2D eigenvalue weighted by atomic mass is 35.5. The smallest absolute Gasteiger partial charge is 0.319 e. The molecular weight excluding hydrogens is 522 g/mol. The van der Waals surface area contributed by atoms with Crippen LogP contribution in [0.15, 0.2) is 66.7 Å². The van der Waals surface area contributed by atoms with Crippen LogP contribution < -0.4 is 16.1 Å². The second-order valence-corrected chi connectivity index (χ2v) is 8.77. The number of aromatic nitrogens is 1. The Morgan fingerprint density at radius 3 is 2.15 bits per heavy atom. The number of amides is 3. The van der Waals surface area contributed by atoms with E-state index < -0.39 is 17.7 Å². The van der Waals surface area contributed by atoms with Gasteiger partial charge in [0.15, 0.2) is 0 Å². The lowest BCUT2D eigenvalue weighted by atomic mass is 10.2. The topological polar surface area (TPSA) is 92.2 Å². The fraction of sp³-hybridized carbons (Fsp3) is 0. The molecule has 0 saturated heterocycles. The van der Waals surface area contributed by atoms with Crippen molar-refractivity contribution in [3.63, 3.8) is 0 Å². The first-order valence-electron chi connectivity index (χ1n) is 9.66. The average Bonchev–Trinajstić information content (AvgIpc) is 3.13. The van der Waals surface area contributed by atoms with Crippen LogP contribution in [0.2, 0.25) is 20.1 Å². The van der Waals surface area contributed by atoms with Crippen molar-refractivity contribution in [3.8, 4) is 0 Å². The zero-order valence-corrected chi connectivity index (χ0v) is 20.1. The number of carbonyl (C=O) groups excluding carboxylic acids is 3. The molecule has 4 rings (SSSR count). The van der Waals surface area contributed by atoms with Crippen molar-refractivity contribution < 1.29 is 14.4 Å². The highest BCUT2D eigenvalue weighted by Crippen LogP contribution is 2.27. The summed E-state index contributed by atoms with van der Waals surface area (Å²) in [6, 6.07) is 17.3. The van der Waals surface area contributed by atoms with E-state index in [1.165, 1.54) is 22.9 Å². The number of hydrogen-bond acceptors (Lipinski definition) is 3. The summed E-state index contributed by atoms with van der Waals surface area (Å²) in [6.07, 6.45) is 0. The average molecular weight is 536 g/mol. The van der Waals surface area contributed by atoms with Crippen LogP contribution in [0.4, 0.5) is 11.4 Å². The van der Waals surface area contributed by atoms with Crippen molar-refractivity contribution in [2.24, 2.45) is 0 Å². The van der Waals surface area contributed by atoms with Gasteiger partial charge in [-0.25, -0.2) is 4.68 Å². The lowest BCUT2D eigenvalue weighted by molar-refractivity contribution is -0.133. The van der Waals surface area contributed by atoms with Crippen molar-refractivity contribution in [1.29, 1.82) is 0 Å². The SMILES string of the molecule is O=C(Nc1cccc(Cl)c1)C(=O)Nn1c(C(=O)Nc2ccc(Cl)cc2Cl)cc2cc(Cl)ccc21. The Morgan fingerprint density at radius 1 is 0.706 bits per heavy atom. The molecule has 0 radical (unpaired) electrons. The summed E-state index contributed by atoms with van der Waals surface area (Å²) in [6.45, 7) is 0. The second kappa shape index (κ2) is 9.95. The van der Waals surface area contributed by atoms with Gasteiger partial charge in [-0.3, -0.25) is 19.8 Å². The lowest BCUT2D eigenvalue weighted by Crippen LogP contribution is -2.36. The molecule has 3 aromatic carbocycles. The summed E-state index contributed by atoms with van der Waals surface area (Å²) < 4.78 is 1.20. The zero-order valence-electron chi connectivity index (χ0n) is 17.0. The first kappa shape index (κ1) is 23.9. The Balaban J connectivity index is 1.64. The number of nitrogens with zero attached hydrogens (tertiary/aromatic N) is 1. The van der Waals surface area contributed by atoms with Crippen molar-refractivity contribution in [3.05, 3.63) is 92.5 Å². The summed E-state index contributed by atoms with van der Waals surface area (Å²) in [7, 11) is 0. The van der Waals surface area contributed by atoms with Crippen molar-refractivity contribution in [2.75, 3.05) is 16.1 Å². The molecular formula is C23H14Cl4N4O3. The number of nitrogens with one attached hydrogen (secondary N) is 3. The van der Waals surface area contributed by atoms with Crippen molar-refractivity contribution in [2.45, 2.75) is 0 Å². The first-order valence-corrected chi connectivity index (χ1v) is 11.2. The molecule has 0 atom stereocenters. The van der Waals surface area contributed by atoms with E-state index in [0.29, 0.717) is 37.3 Å². The summed E-state index contributed by atoms with van der Waals surface area (Å²) in [5, 5.41) is 7.15. The molecule has 1 aromatic heterocycles. The predicted octanol–water partition coefficient (Wildman–Crippen LogP) is 6.22. The molecule has 0 aliphatic rings. The normalized spacial score (nSPS) is 10.7. The van der Waals surface area contributed by atoms with Gasteiger partial charge >= 0.3 is 11.8 Å². The fourth-order valence-corrected chi connectivity index (χ4v) is 3.98. The molecule has 0 unspecified atom stereocenters. The van der Waals surface area contributed by atoms with Gasteiger partial charge in [0.25, 0.3) is 5.91 Å². The largest absolute Gasteiger partial charge is 0.328 e. The van der Waals surface area contributed by atoms with E-state index in [1.807, 2.05) is 0 Å². The summed E-state index contributed by atoms with van der Waals surface area (Å²) >= 11 is 24.1. The van der Waals surface area contributed by atoms with Crippen LogP contribution in [0.25, 0.3) is 10.9 Å². The van der Waals surface area contributed by atoms with Gasteiger partial charge in [0.2, 0.25) is 0 Å². The van der Waals surface area contributed by atoms with Gasteiger partial charge in [0.05, 0.1) is 16.2 Å². The van der Waals surface area contributed by atoms with Gasteiger partial charge in [-0.15, -0.1) is 0 Å². The first-order chi connectivity index (χ1) is 16.2. The van der Waals surface area contributed by atoms with Crippen LogP contribution in [0.3, 0.4) is 0 Å². The highest BCUT2D eigenvalue weighted by molar-refractivity contribution is 6.43. The molecule has 3 amide bonds. The zero-order chi connectivity index (χ0) is 24.4. The van der Waals surface area contributed by atoms with Crippen LogP contribution in [-0.2, 0) is 9.59 Å². The number of halogens is 4. The Kier molecular flexibility index (Phi) is 7.00. The molecule has 3 N–H and O–H groups in total. The van der Waals surface area contributed by atoms with E-state index in [2.05, 4.69) is 16.1 Å². The fourth-order valence-electron chi connectivity index (χ4n) is 3.16. The minimum absolute atomic E-state index is 0.0344. The molecule has 1 heterocycles. The van der Waals surface area contributed by atoms with Gasteiger partial charge < -0.3 is 10.6 Å². The van der Waals surface area contributed by atoms with Crippen LogP contribution >= 0.6 is 46.4 Å². The molecule has 0 saturated carbocycles. The molecule has 4 aromatic rings. The molecule has 0 spiro atoms. The quantitative estimate of drug-likeness (QED) is 0.271. The van der Waals surface area contributed by atoms with Crippen LogP contribution in [-0.4, -0.2) is 22.4 Å². The molecule has 34 heavy (non-hydrogen) atoms. The van der Waals surface area contributed by atoms with Crippen LogP contribution in [0.1, 0.15) is 10.5 Å². The third-order valence-corrected chi connectivity index (χ3v) is 5.70. The van der Waals surface area contributed by atoms with Gasteiger partial charge in [-0.2, -0.15) is 0 Å². The van der Waals surface area contributed by atoms with E-state index in [-0.39, 0.29) is 10.7 Å². The summed E-state index contributed by atoms with van der Waals surface area (Å²) in [5.74, 6) is -2.55. The molecule has 0 fully saturated rings. The number of anilines is 2. The Labute approximate surface area is 213 Å². The molecule has 0 aliphatic heterocycles. The van der Waals surface area contributed by atoms with Gasteiger partial charge in [-0.05, 0) is 60.7 Å². The minimum atomic E-state index is -1.01. The van der Waals surface area contributed by atoms with Crippen molar-refractivity contribution >= 4 is 86.4 Å². The highest BCUT2D eigenvalue weighted by Gasteiger charge is 2.22. The minimum Gasteiger partial charge on any atom is -0.319 e. The van der Waals surface area contributed by atoms with Crippen LogP contribution in [0.5, 0.6) is 0 Å². The van der Waals surface area contributed by atoms with Crippen molar-refractivity contribution in [1.82, 2.24) is 4.68 Å². The molecule has 11 heteroatoms. The van der Waals surface area contributed by atoms with E-state index in [9.17, 15) is 14.4 Å². The third-order valence-electron chi connectivity index (χ3n) is 4.68. The maximum absolute atomic E-state index is 13.1. The third kappa shape index (κ3) is 5.29. The number of benzene rings is 3. The monoisotopic (exact) mass is 534 g/mol. The number of fused-ring (bicyclic) bond motifs is 1. The number of hydrogen-bond donors (Lipinski definition) is 3. The Bertz CT molecular complexity index is 1450. The maximum Gasteiger partial charge on any atom is 0.328 e. The van der Waals surface area contributed by atoms with Gasteiger partial charge in [0.1, 0.15) is 5.69 Å². The van der Waals surface area contributed by atoms with Gasteiger partial charge in [-0.1, -0.05) is 52.5 Å². The number of rotatable bonds is 4.